The van der Waals surface area contributed by atoms with E-state index < -0.39 is 24.2 Å². The van der Waals surface area contributed by atoms with E-state index in [1.165, 1.54) is 6.07 Å². The third-order valence-corrected chi connectivity index (χ3v) is 5.26. The van der Waals surface area contributed by atoms with E-state index in [4.69, 9.17) is 11.6 Å². The van der Waals surface area contributed by atoms with Crippen LogP contribution in [-0.4, -0.2) is 21.9 Å². The van der Waals surface area contributed by atoms with Crippen LogP contribution in [0.15, 0.2) is 54.6 Å². The zero-order chi connectivity index (χ0) is 21.5. The lowest BCUT2D eigenvalue weighted by Crippen LogP contribution is -2.35. The number of hydrogen-bond donors (Lipinski definition) is 2. The summed E-state index contributed by atoms with van der Waals surface area (Å²) >= 11 is 5.82. The van der Waals surface area contributed by atoms with Gasteiger partial charge in [-0.25, -0.2) is 4.68 Å². The molecule has 1 aromatic heterocycles. The van der Waals surface area contributed by atoms with Gasteiger partial charge in [0.2, 0.25) is 0 Å². The van der Waals surface area contributed by atoms with Crippen molar-refractivity contribution in [3.63, 3.8) is 0 Å². The van der Waals surface area contributed by atoms with E-state index in [1.807, 2.05) is 19.1 Å². The molecule has 0 saturated heterocycles. The highest BCUT2D eigenvalue weighted by Crippen LogP contribution is 2.43. The van der Waals surface area contributed by atoms with Crippen LogP contribution in [0.5, 0.6) is 0 Å². The number of nitrogens with zero attached hydrogens (tertiary/aromatic N) is 2. The molecule has 1 aliphatic rings. The molecule has 3 aromatic rings. The Morgan fingerprint density at radius 2 is 1.83 bits per heavy atom. The van der Waals surface area contributed by atoms with Gasteiger partial charge in [0.05, 0.1) is 6.04 Å². The first-order valence-electron chi connectivity index (χ1n) is 9.27. The summed E-state index contributed by atoms with van der Waals surface area (Å²) in [6, 6.07) is 12.7. The molecule has 0 unspecified atom stereocenters. The fraction of sp³-hybridized carbons (Fsp3) is 0.238. The van der Waals surface area contributed by atoms with Crippen LogP contribution in [0.25, 0.3) is 0 Å². The average Bonchev–Trinajstić information content (AvgIpc) is 3.13. The van der Waals surface area contributed by atoms with Crippen LogP contribution in [0.1, 0.15) is 40.1 Å². The summed E-state index contributed by atoms with van der Waals surface area (Å²) in [6.45, 7) is 1.91. The van der Waals surface area contributed by atoms with E-state index in [1.54, 1.807) is 36.4 Å². The predicted octanol–water partition coefficient (Wildman–Crippen LogP) is 5.76. The number of carbonyl (C=O) groups is 1. The number of aryl methyl sites for hydroxylation is 1. The SMILES string of the molecule is Cc1ccc([C@H]2C[C@@H](C(F)(F)F)n3nc(C(=O)Nc4ccc(Cl)cc4)cc3N2)cc1. The first-order valence-corrected chi connectivity index (χ1v) is 9.65. The summed E-state index contributed by atoms with van der Waals surface area (Å²) in [7, 11) is 0. The molecule has 5 nitrogen and oxygen atoms in total. The fourth-order valence-corrected chi connectivity index (χ4v) is 3.56. The molecule has 2 aromatic carbocycles. The third-order valence-electron chi connectivity index (χ3n) is 5.00. The Kier molecular flexibility index (Phi) is 5.19. The summed E-state index contributed by atoms with van der Waals surface area (Å²) in [5.74, 6) is -0.454. The predicted molar refractivity (Wildman–Crippen MR) is 109 cm³/mol. The van der Waals surface area contributed by atoms with E-state index in [0.29, 0.717) is 10.7 Å². The largest absolute Gasteiger partial charge is 0.410 e. The lowest BCUT2D eigenvalue weighted by Gasteiger charge is -2.33. The van der Waals surface area contributed by atoms with Crippen LogP contribution >= 0.6 is 11.6 Å². The Hall–Kier alpha value is -3.00. The Bertz CT molecular complexity index is 1060. The van der Waals surface area contributed by atoms with E-state index in [0.717, 1.165) is 15.8 Å². The van der Waals surface area contributed by atoms with Gasteiger partial charge in [0.15, 0.2) is 11.7 Å². The number of alkyl halides is 3. The maximum atomic E-state index is 13.8. The normalized spacial score (nSPS) is 18.4. The molecule has 2 atom stereocenters. The van der Waals surface area contributed by atoms with Crippen LogP contribution in [-0.2, 0) is 0 Å². The lowest BCUT2D eigenvalue weighted by atomic mass is 9.96. The second-order valence-corrected chi connectivity index (χ2v) is 7.66. The van der Waals surface area contributed by atoms with Gasteiger partial charge in [-0.2, -0.15) is 18.3 Å². The van der Waals surface area contributed by atoms with E-state index in [2.05, 4.69) is 15.7 Å². The number of benzene rings is 2. The maximum absolute atomic E-state index is 13.8. The number of rotatable bonds is 3. The summed E-state index contributed by atoms with van der Waals surface area (Å²) in [4.78, 5) is 12.5. The van der Waals surface area contributed by atoms with Crippen molar-refractivity contribution in [2.24, 2.45) is 0 Å². The second-order valence-electron chi connectivity index (χ2n) is 7.22. The van der Waals surface area contributed by atoms with E-state index in [-0.39, 0.29) is 17.9 Å². The van der Waals surface area contributed by atoms with Gasteiger partial charge in [0, 0.05) is 23.2 Å². The van der Waals surface area contributed by atoms with Crippen molar-refractivity contribution in [1.29, 1.82) is 0 Å². The van der Waals surface area contributed by atoms with Gasteiger partial charge in [-0.3, -0.25) is 4.79 Å². The molecule has 0 radical (unpaired) electrons. The number of fused-ring (bicyclic) bond motifs is 1. The maximum Gasteiger partial charge on any atom is 0.410 e. The lowest BCUT2D eigenvalue weighted by molar-refractivity contribution is -0.173. The molecular formula is C21H18ClF3N4O. The molecule has 0 aliphatic carbocycles. The van der Waals surface area contributed by atoms with Crippen molar-refractivity contribution >= 4 is 29.0 Å². The minimum absolute atomic E-state index is 0.105. The van der Waals surface area contributed by atoms with Gasteiger partial charge >= 0.3 is 6.18 Å². The van der Waals surface area contributed by atoms with Crippen molar-refractivity contribution in [3.8, 4) is 0 Å². The zero-order valence-electron chi connectivity index (χ0n) is 15.9. The number of hydrogen-bond acceptors (Lipinski definition) is 3. The average molecular weight is 435 g/mol. The summed E-state index contributed by atoms with van der Waals surface area (Å²) < 4.78 is 42.1. The molecule has 0 bridgehead atoms. The van der Waals surface area contributed by atoms with Crippen LogP contribution < -0.4 is 10.6 Å². The molecule has 1 amide bonds. The van der Waals surface area contributed by atoms with Gasteiger partial charge in [-0.15, -0.1) is 0 Å². The highest BCUT2D eigenvalue weighted by atomic mass is 35.5. The van der Waals surface area contributed by atoms with Crippen LogP contribution in [0.2, 0.25) is 5.02 Å². The molecular weight excluding hydrogens is 417 g/mol. The number of carbonyl (C=O) groups excluding carboxylic acids is 1. The number of amides is 1. The van der Waals surface area contributed by atoms with Gasteiger partial charge in [-0.1, -0.05) is 41.4 Å². The Balaban J connectivity index is 1.63. The first kappa shape index (κ1) is 20.3. The molecule has 4 rings (SSSR count). The van der Waals surface area contributed by atoms with E-state index >= 15 is 0 Å². The summed E-state index contributed by atoms with van der Waals surface area (Å²) in [5.41, 5.74) is 2.13. The Morgan fingerprint density at radius 3 is 2.47 bits per heavy atom. The smallest absolute Gasteiger partial charge is 0.363 e. The number of halogens is 4. The van der Waals surface area contributed by atoms with Crippen molar-refractivity contribution < 1.29 is 18.0 Å². The quantitative estimate of drug-likeness (QED) is 0.551. The van der Waals surface area contributed by atoms with Crippen LogP contribution in [0, 0.1) is 6.92 Å². The fourth-order valence-electron chi connectivity index (χ4n) is 3.43. The van der Waals surface area contributed by atoms with Gasteiger partial charge in [0.25, 0.3) is 5.91 Å². The minimum atomic E-state index is -4.50. The molecule has 30 heavy (non-hydrogen) atoms. The number of aromatic nitrogens is 2. The van der Waals surface area contributed by atoms with Crippen molar-refractivity contribution in [2.75, 3.05) is 10.6 Å². The molecule has 156 valence electrons. The minimum Gasteiger partial charge on any atom is -0.363 e. The zero-order valence-corrected chi connectivity index (χ0v) is 16.6. The van der Waals surface area contributed by atoms with Gasteiger partial charge in [-0.05, 0) is 36.8 Å². The monoisotopic (exact) mass is 434 g/mol. The topological polar surface area (TPSA) is 59.0 Å². The Morgan fingerprint density at radius 1 is 1.17 bits per heavy atom. The number of anilines is 2. The molecule has 0 saturated carbocycles. The summed E-state index contributed by atoms with van der Waals surface area (Å²) in [6.07, 6.45) is -4.73. The van der Waals surface area contributed by atoms with Crippen molar-refractivity contribution in [2.45, 2.75) is 31.6 Å². The van der Waals surface area contributed by atoms with Gasteiger partial charge in [0.1, 0.15) is 5.82 Å². The van der Waals surface area contributed by atoms with Gasteiger partial charge < -0.3 is 10.6 Å². The van der Waals surface area contributed by atoms with E-state index in [9.17, 15) is 18.0 Å². The first-order chi connectivity index (χ1) is 14.2. The van der Waals surface area contributed by atoms with Crippen LogP contribution in [0.4, 0.5) is 24.7 Å². The number of nitrogens with one attached hydrogen (secondary N) is 2. The standard InChI is InChI=1S/C21H18ClF3N4O/c1-12-2-4-13(5-3-12)16-10-18(21(23,24)25)29-19(27-16)11-17(28-29)20(30)26-15-8-6-14(22)7-9-15/h2-9,11,16,18,27H,10H2,1H3,(H,26,30)/t16-,18+/m1/s1. The molecule has 2 heterocycles. The van der Waals surface area contributed by atoms with Crippen molar-refractivity contribution in [1.82, 2.24) is 9.78 Å². The molecule has 0 spiro atoms. The second kappa shape index (κ2) is 7.68. The highest BCUT2D eigenvalue weighted by molar-refractivity contribution is 6.30. The van der Waals surface area contributed by atoms with Crippen molar-refractivity contribution in [3.05, 3.63) is 76.4 Å². The third kappa shape index (κ3) is 4.14. The molecule has 2 N–H and O–H groups in total. The Labute approximate surface area is 175 Å². The molecule has 9 heteroatoms. The molecule has 0 fully saturated rings. The molecule has 1 aliphatic heterocycles. The van der Waals surface area contributed by atoms with Crippen LogP contribution in [0.3, 0.4) is 0 Å². The summed E-state index contributed by atoms with van der Waals surface area (Å²) in [5, 5.41) is 10.2. The highest BCUT2D eigenvalue weighted by Gasteiger charge is 2.46.